The van der Waals surface area contributed by atoms with Gasteiger partial charge in [0.05, 0.1) is 6.61 Å². The molecule has 3 rings (SSSR count). The van der Waals surface area contributed by atoms with Crippen LogP contribution in [0.3, 0.4) is 0 Å². The molecule has 20 nitrogen and oxygen atoms in total. The molecule has 0 saturated carbocycles. The van der Waals surface area contributed by atoms with Crippen molar-refractivity contribution in [1.82, 2.24) is 14.9 Å². The van der Waals surface area contributed by atoms with Crippen LogP contribution in [-0.2, 0) is 36.8 Å². The smallest absolute Gasteiger partial charge is 0.388 e. The van der Waals surface area contributed by atoms with Crippen LogP contribution >= 0.6 is 15.6 Å². The summed E-state index contributed by atoms with van der Waals surface area (Å²) in [7, 11) is -11.1. The third-order valence-electron chi connectivity index (χ3n) is 5.61. The lowest BCUT2D eigenvalue weighted by Crippen LogP contribution is -2.64. The standard InChI is InChI=1S/C17H28N4O16P2/c1-6(22)19-10-13(26)11(24)7(4-18)35-16(10)36-39(31,32)37-38(29,30)33-5-8-12(25)14(27)15(34-8)21-3-2-9(23)20-17(21)28/h2-3,7-8,10-16,24-27H,4-5,18H2,1H3,(H,19,22)(H,29,30)(H,31,32)(H,20,23,28)/t7?,8-,10?,11-,12?,13-,14+,15-,16-/m1/s1. The first-order valence-electron chi connectivity index (χ1n) is 11.1. The molecular weight excluding hydrogens is 578 g/mol. The molecule has 3 heterocycles. The van der Waals surface area contributed by atoms with E-state index in [1.807, 2.05) is 4.98 Å². The zero-order chi connectivity index (χ0) is 29.3. The predicted molar refractivity (Wildman–Crippen MR) is 122 cm³/mol. The van der Waals surface area contributed by atoms with Crippen molar-refractivity contribution in [2.75, 3.05) is 13.2 Å². The van der Waals surface area contributed by atoms with Gasteiger partial charge in [-0.2, -0.15) is 4.31 Å². The number of phosphoric acid groups is 2. The van der Waals surface area contributed by atoms with Gasteiger partial charge in [-0.25, -0.2) is 13.9 Å². The van der Waals surface area contributed by atoms with Crippen LogP contribution in [-0.4, -0.2) is 108 Å². The van der Waals surface area contributed by atoms with Crippen LogP contribution in [0.25, 0.3) is 0 Å². The number of hydrogen-bond donors (Lipinski definition) is 9. The number of aliphatic hydroxyl groups excluding tert-OH is 4. The van der Waals surface area contributed by atoms with Gasteiger partial charge in [0.25, 0.3) is 5.56 Å². The van der Waals surface area contributed by atoms with Gasteiger partial charge in [-0.15, -0.1) is 0 Å². The van der Waals surface area contributed by atoms with Crippen LogP contribution in [0.15, 0.2) is 21.9 Å². The first-order valence-corrected chi connectivity index (χ1v) is 14.1. The van der Waals surface area contributed by atoms with E-state index in [4.69, 9.17) is 19.7 Å². The van der Waals surface area contributed by atoms with Gasteiger partial charge in [-0.05, 0) is 0 Å². The fourth-order valence-corrected chi connectivity index (χ4v) is 5.97. The van der Waals surface area contributed by atoms with Gasteiger partial charge in [-0.1, -0.05) is 0 Å². The molecule has 2 aliphatic heterocycles. The van der Waals surface area contributed by atoms with Crippen LogP contribution in [0.5, 0.6) is 0 Å². The summed E-state index contributed by atoms with van der Waals surface area (Å²) in [5, 5.41) is 42.8. The third-order valence-corrected chi connectivity index (χ3v) is 8.21. The number of H-pyrrole nitrogens is 1. The Morgan fingerprint density at radius 3 is 2.31 bits per heavy atom. The number of carbonyl (C=O) groups excluding carboxylic acids is 1. The molecule has 22 heteroatoms. The molecule has 0 aromatic carbocycles. The van der Waals surface area contributed by atoms with Crippen molar-refractivity contribution in [3.05, 3.63) is 33.1 Å². The topological polar surface area (TPSA) is 312 Å². The summed E-state index contributed by atoms with van der Waals surface area (Å²) in [4.78, 5) is 56.5. The second-order valence-corrected chi connectivity index (χ2v) is 11.5. The predicted octanol–water partition coefficient (Wildman–Crippen LogP) is -4.68. The van der Waals surface area contributed by atoms with Gasteiger partial charge < -0.3 is 50.7 Å². The highest BCUT2D eigenvalue weighted by atomic mass is 31.3. The van der Waals surface area contributed by atoms with Crippen LogP contribution in [0.1, 0.15) is 13.2 Å². The molecule has 1 aromatic rings. The van der Waals surface area contributed by atoms with Crippen molar-refractivity contribution < 1.29 is 67.0 Å². The molecule has 222 valence electrons. The normalized spacial score (nSPS) is 36.2. The van der Waals surface area contributed by atoms with Crippen molar-refractivity contribution in [2.24, 2.45) is 5.73 Å². The largest absolute Gasteiger partial charge is 0.483 e. The molecule has 1 amide bonds. The zero-order valence-electron chi connectivity index (χ0n) is 19.9. The Hall–Kier alpha value is -1.87. The Kier molecular flexibility index (Phi) is 10.0. The first-order chi connectivity index (χ1) is 18.0. The molecule has 0 bridgehead atoms. The Morgan fingerprint density at radius 2 is 1.72 bits per heavy atom. The van der Waals surface area contributed by atoms with E-state index < -0.39 is 101 Å². The molecule has 1 aromatic heterocycles. The van der Waals surface area contributed by atoms with Crippen molar-refractivity contribution in [2.45, 2.75) is 62.1 Å². The lowest BCUT2D eigenvalue weighted by molar-refractivity contribution is -0.238. The van der Waals surface area contributed by atoms with E-state index in [1.54, 1.807) is 0 Å². The average Bonchev–Trinajstić information content (AvgIpc) is 3.10. The molecule has 2 fully saturated rings. The SMILES string of the molecule is CC(=O)NC1[C@@H](OP(=O)(O)OP(=O)(O)OC[C@H]2O[C@@H](n3ccc(=O)[nH]c3=O)[C@@H](O)C2O)OC(CN)[C@@H](O)[C@@H]1O. The molecule has 0 radical (unpaired) electrons. The van der Waals surface area contributed by atoms with Gasteiger partial charge in [-0.3, -0.25) is 28.2 Å². The van der Waals surface area contributed by atoms with Gasteiger partial charge >= 0.3 is 21.3 Å². The van der Waals surface area contributed by atoms with Crippen molar-refractivity contribution in [1.29, 1.82) is 0 Å². The number of carbonyl (C=O) groups is 1. The van der Waals surface area contributed by atoms with Gasteiger partial charge in [0.15, 0.2) is 12.5 Å². The molecule has 11 atom stereocenters. The number of phosphoric ester groups is 2. The number of amides is 1. The number of rotatable bonds is 10. The summed E-state index contributed by atoms with van der Waals surface area (Å²) in [6.45, 7) is -0.398. The summed E-state index contributed by atoms with van der Waals surface area (Å²) < 4.78 is 49.5. The highest BCUT2D eigenvalue weighted by Crippen LogP contribution is 2.61. The summed E-state index contributed by atoms with van der Waals surface area (Å²) in [6.07, 6.45) is -12.5. The van der Waals surface area contributed by atoms with Crippen LogP contribution in [0.2, 0.25) is 0 Å². The van der Waals surface area contributed by atoms with Crippen LogP contribution in [0.4, 0.5) is 0 Å². The fourth-order valence-electron chi connectivity index (χ4n) is 3.80. The van der Waals surface area contributed by atoms with E-state index in [-0.39, 0.29) is 0 Å². The van der Waals surface area contributed by atoms with Gasteiger partial charge in [0, 0.05) is 25.7 Å². The number of aromatic amines is 1. The van der Waals surface area contributed by atoms with Crippen molar-refractivity contribution in [3.8, 4) is 0 Å². The second-order valence-electron chi connectivity index (χ2n) is 8.47. The Balaban J connectivity index is 1.66. The van der Waals surface area contributed by atoms with Gasteiger partial charge in [0.2, 0.25) is 5.91 Å². The van der Waals surface area contributed by atoms with Crippen molar-refractivity contribution >= 4 is 21.6 Å². The molecule has 10 N–H and O–H groups in total. The van der Waals surface area contributed by atoms with E-state index in [2.05, 4.69) is 14.2 Å². The zero-order valence-corrected chi connectivity index (χ0v) is 21.7. The number of hydrogen-bond acceptors (Lipinski definition) is 15. The Labute approximate surface area is 218 Å². The molecule has 5 unspecified atom stereocenters. The number of nitrogens with zero attached hydrogens (tertiary/aromatic N) is 1. The molecule has 0 aliphatic carbocycles. The Bertz CT molecular complexity index is 1240. The average molecular weight is 606 g/mol. The van der Waals surface area contributed by atoms with E-state index in [0.29, 0.717) is 0 Å². The summed E-state index contributed by atoms with van der Waals surface area (Å²) in [5.74, 6) is -0.765. The van der Waals surface area contributed by atoms with E-state index >= 15 is 0 Å². The number of aromatic nitrogens is 2. The van der Waals surface area contributed by atoms with E-state index in [9.17, 15) is 53.7 Å². The molecule has 0 spiro atoms. The van der Waals surface area contributed by atoms with Crippen LogP contribution in [0, 0.1) is 0 Å². The second kappa shape index (κ2) is 12.3. The molecular formula is C17H28N4O16P2. The lowest BCUT2D eigenvalue weighted by Gasteiger charge is -2.42. The summed E-state index contributed by atoms with van der Waals surface area (Å²) in [6, 6.07) is -0.704. The van der Waals surface area contributed by atoms with Crippen LogP contribution < -0.4 is 22.3 Å². The minimum Gasteiger partial charge on any atom is -0.388 e. The number of nitrogens with one attached hydrogen (secondary N) is 2. The minimum absolute atomic E-state index is 0.398. The fraction of sp³-hybridized carbons (Fsp3) is 0.706. The number of aliphatic hydroxyl groups is 4. The number of ether oxygens (including phenoxy) is 2. The molecule has 39 heavy (non-hydrogen) atoms. The molecule has 2 saturated heterocycles. The highest BCUT2D eigenvalue weighted by Gasteiger charge is 2.50. The maximum atomic E-state index is 12.5. The maximum Gasteiger partial charge on any atom is 0.483 e. The first kappa shape index (κ1) is 31.7. The maximum absolute atomic E-state index is 12.5. The Morgan fingerprint density at radius 1 is 1.08 bits per heavy atom. The third kappa shape index (κ3) is 7.66. The van der Waals surface area contributed by atoms with Crippen molar-refractivity contribution in [3.63, 3.8) is 0 Å². The quantitative estimate of drug-likeness (QED) is 0.113. The molecule has 2 aliphatic rings. The highest BCUT2D eigenvalue weighted by molar-refractivity contribution is 7.61. The van der Waals surface area contributed by atoms with E-state index in [0.717, 1.165) is 23.8 Å². The van der Waals surface area contributed by atoms with Gasteiger partial charge in [0.1, 0.15) is 42.7 Å². The monoisotopic (exact) mass is 606 g/mol. The lowest BCUT2D eigenvalue weighted by atomic mass is 9.97. The minimum atomic E-state index is -5.59. The summed E-state index contributed by atoms with van der Waals surface area (Å²) >= 11 is 0. The van der Waals surface area contributed by atoms with E-state index in [1.165, 1.54) is 0 Å². The number of nitrogens with two attached hydrogens (primary N) is 1. The summed E-state index contributed by atoms with van der Waals surface area (Å²) in [5.41, 5.74) is 3.68.